The number of carbonyl (C=O) groups is 1. The first-order valence-corrected chi connectivity index (χ1v) is 5.70. The molecule has 2 N–H and O–H groups in total. The van der Waals surface area contributed by atoms with E-state index in [1.54, 1.807) is 0 Å². The quantitative estimate of drug-likeness (QED) is 0.708. The van der Waals surface area contributed by atoms with Crippen LogP contribution in [0.4, 0.5) is 0 Å². The second kappa shape index (κ2) is 4.30. The van der Waals surface area contributed by atoms with Gasteiger partial charge in [-0.15, -0.1) is 0 Å². The Kier molecular flexibility index (Phi) is 3.06. The fourth-order valence-corrected chi connectivity index (χ4v) is 2.94. The summed E-state index contributed by atoms with van der Waals surface area (Å²) < 4.78 is 0. The Balaban J connectivity index is 1.73. The Hall–Kier alpha value is -0.570. The lowest BCUT2D eigenvalue weighted by atomic mass is 9.95. The number of hydrogen-bond donors (Lipinski definition) is 2. The van der Waals surface area contributed by atoms with E-state index in [9.17, 15) is 4.79 Å². The fourth-order valence-electron chi connectivity index (χ4n) is 2.94. The molecule has 0 saturated heterocycles. The zero-order valence-electron chi connectivity index (χ0n) is 8.54. The minimum absolute atomic E-state index is 0.115. The molecule has 0 aromatic rings. The average molecular weight is 197 g/mol. The van der Waals surface area contributed by atoms with Crippen LogP contribution in [0.25, 0.3) is 0 Å². The third-order valence-electron chi connectivity index (χ3n) is 3.65. The minimum Gasteiger partial charge on any atom is -0.396 e. The first-order chi connectivity index (χ1) is 6.79. The monoisotopic (exact) mass is 197 g/mol. The van der Waals surface area contributed by atoms with Gasteiger partial charge in [0.2, 0.25) is 5.91 Å². The molecule has 0 heterocycles. The Morgan fingerprint density at radius 1 is 1.36 bits per heavy atom. The van der Waals surface area contributed by atoms with Crippen LogP contribution in [-0.2, 0) is 4.79 Å². The predicted molar refractivity (Wildman–Crippen MR) is 53.7 cm³/mol. The molecule has 3 heteroatoms. The number of aliphatic hydroxyl groups excluding tert-OH is 1. The molecule has 0 aromatic heterocycles. The van der Waals surface area contributed by atoms with Crippen molar-refractivity contribution >= 4 is 5.91 Å². The van der Waals surface area contributed by atoms with E-state index in [4.69, 9.17) is 5.11 Å². The van der Waals surface area contributed by atoms with Gasteiger partial charge >= 0.3 is 0 Å². The molecule has 0 spiro atoms. The molecule has 3 nitrogen and oxygen atoms in total. The molecule has 2 aliphatic carbocycles. The lowest BCUT2D eigenvalue weighted by Crippen LogP contribution is -2.38. The van der Waals surface area contributed by atoms with E-state index in [1.165, 1.54) is 25.7 Å². The van der Waals surface area contributed by atoms with Crippen LogP contribution >= 0.6 is 0 Å². The minimum atomic E-state index is 0.115. The van der Waals surface area contributed by atoms with Crippen LogP contribution in [0.5, 0.6) is 0 Å². The van der Waals surface area contributed by atoms with E-state index in [-0.39, 0.29) is 12.5 Å². The van der Waals surface area contributed by atoms with Gasteiger partial charge in [-0.25, -0.2) is 0 Å². The summed E-state index contributed by atoms with van der Waals surface area (Å²) in [5, 5.41) is 11.7. The summed E-state index contributed by atoms with van der Waals surface area (Å²) in [5.41, 5.74) is 0. The van der Waals surface area contributed by atoms with E-state index < -0.39 is 0 Å². The summed E-state index contributed by atoms with van der Waals surface area (Å²) in [6.45, 7) is 0.115. The van der Waals surface area contributed by atoms with Gasteiger partial charge < -0.3 is 10.4 Å². The smallest absolute Gasteiger partial charge is 0.220 e. The van der Waals surface area contributed by atoms with E-state index >= 15 is 0 Å². The molecule has 2 saturated carbocycles. The van der Waals surface area contributed by atoms with Crippen LogP contribution in [0, 0.1) is 11.8 Å². The Labute approximate surface area is 84.9 Å². The van der Waals surface area contributed by atoms with Gasteiger partial charge in [-0.3, -0.25) is 4.79 Å². The summed E-state index contributed by atoms with van der Waals surface area (Å²) in [6.07, 6.45) is 6.25. The summed E-state index contributed by atoms with van der Waals surface area (Å²) in [6, 6.07) is 0.444. The average Bonchev–Trinajstić information content (AvgIpc) is 2.76. The molecule has 3 atom stereocenters. The molecule has 0 aromatic carbocycles. The maximum atomic E-state index is 11.4. The molecular formula is C11H19NO2. The molecular weight excluding hydrogens is 178 g/mol. The third kappa shape index (κ3) is 2.08. The summed E-state index contributed by atoms with van der Waals surface area (Å²) in [4.78, 5) is 11.4. The van der Waals surface area contributed by atoms with Crippen molar-refractivity contribution in [2.45, 2.75) is 44.6 Å². The van der Waals surface area contributed by atoms with Crippen LogP contribution in [0.15, 0.2) is 0 Å². The van der Waals surface area contributed by atoms with Gasteiger partial charge in [0.05, 0.1) is 0 Å². The number of carbonyl (C=O) groups excluding carboxylic acids is 1. The number of aliphatic hydroxyl groups is 1. The lowest BCUT2D eigenvalue weighted by Gasteiger charge is -2.22. The fraction of sp³-hybridized carbons (Fsp3) is 0.909. The second-order valence-electron chi connectivity index (χ2n) is 4.68. The molecule has 3 unspecified atom stereocenters. The number of rotatable bonds is 4. The highest BCUT2D eigenvalue weighted by Gasteiger charge is 2.39. The predicted octanol–water partition coefficient (Wildman–Crippen LogP) is 1.06. The van der Waals surface area contributed by atoms with Crippen LogP contribution in [0.2, 0.25) is 0 Å². The van der Waals surface area contributed by atoms with Crippen molar-refractivity contribution in [3.8, 4) is 0 Å². The topological polar surface area (TPSA) is 49.3 Å². The molecule has 14 heavy (non-hydrogen) atoms. The van der Waals surface area contributed by atoms with Crippen molar-refractivity contribution in [1.29, 1.82) is 0 Å². The number of amides is 1. The van der Waals surface area contributed by atoms with Crippen molar-refractivity contribution in [1.82, 2.24) is 5.32 Å². The van der Waals surface area contributed by atoms with E-state index in [0.29, 0.717) is 18.9 Å². The van der Waals surface area contributed by atoms with Gasteiger partial charge in [-0.1, -0.05) is 6.42 Å². The number of nitrogens with one attached hydrogen (secondary N) is 1. The Morgan fingerprint density at radius 2 is 2.21 bits per heavy atom. The normalized spacial score (nSPS) is 34.8. The molecule has 2 rings (SSSR count). The second-order valence-corrected chi connectivity index (χ2v) is 4.68. The van der Waals surface area contributed by atoms with E-state index in [1.807, 2.05) is 0 Å². The highest BCUT2D eigenvalue weighted by Crippen LogP contribution is 2.44. The van der Waals surface area contributed by atoms with Crippen LogP contribution in [0.1, 0.15) is 38.5 Å². The number of hydrogen-bond acceptors (Lipinski definition) is 2. The van der Waals surface area contributed by atoms with Crippen LogP contribution in [-0.4, -0.2) is 23.7 Å². The Morgan fingerprint density at radius 3 is 2.79 bits per heavy atom. The van der Waals surface area contributed by atoms with Gasteiger partial charge in [-0.05, 0) is 37.5 Å². The first kappa shape index (κ1) is 9.97. The maximum Gasteiger partial charge on any atom is 0.220 e. The van der Waals surface area contributed by atoms with Gasteiger partial charge in [0.25, 0.3) is 0 Å². The largest absolute Gasteiger partial charge is 0.396 e. The summed E-state index contributed by atoms with van der Waals surface area (Å²) >= 11 is 0. The summed E-state index contributed by atoms with van der Waals surface area (Å²) in [5.74, 6) is 1.75. The van der Waals surface area contributed by atoms with Gasteiger partial charge in [0.1, 0.15) is 0 Å². The van der Waals surface area contributed by atoms with Crippen molar-refractivity contribution in [2.75, 3.05) is 6.61 Å². The lowest BCUT2D eigenvalue weighted by molar-refractivity contribution is -0.122. The number of fused-ring (bicyclic) bond motifs is 2. The molecule has 2 fully saturated rings. The van der Waals surface area contributed by atoms with Crippen LogP contribution < -0.4 is 5.32 Å². The molecule has 2 bridgehead atoms. The third-order valence-corrected chi connectivity index (χ3v) is 3.65. The zero-order chi connectivity index (χ0) is 9.97. The Bertz CT molecular complexity index is 217. The van der Waals surface area contributed by atoms with Crippen molar-refractivity contribution in [2.24, 2.45) is 11.8 Å². The first-order valence-electron chi connectivity index (χ1n) is 5.70. The molecule has 80 valence electrons. The highest BCUT2D eigenvalue weighted by atomic mass is 16.3. The van der Waals surface area contributed by atoms with Crippen LogP contribution in [0.3, 0.4) is 0 Å². The molecule has 0 radical (unpaired) electrons. The SMILES string of the molecule is O=C(CCCO)NC1CC2CCC1C2. The molecule has 0 aliphatic heterocycles. The van der Waals surface area contributed by atoms with Gasteiger partial charge in [-0.2, -0.15) is 0 Å². The van der Waals surface area contributed by atoms with Crippen molar-refractivity contribution < 1.29 is 9.90 Å². The zero-order valence-corrected chi connectivity index (χ0v) is 8.54. The van der Waals surface area contributed by atoms with Crippen molar-refractivity contribution in [3.63, 3.8) is 0 Å². The van der Waals surface area contributed by atoms with E-state index in [0.717, 1.165) is 11.8 Å². The highest BCUT2D eigenvalue weighted by molar-refractivity contribution is 5.76. The van der Waals surface area contributed by atoms with Gasteiger partial charge in [0, 0.05) is 19.1 Å². The standard InChI is InChI=1S/C11H19NO2/c13-5-1-2-11(14)12-10-7-8-3-4-9(10)6-8/h8-10,13H,1-7H2,(H,12,14). The van der Waals surface area contributed by atoms with E-state index in [2.05, 4.69) is 5.32 Å². The summed E-state index contributed by atoms with van der Waals surface area (Å²) in [7, 11) is 0. The molecule has 1 amide bonds. The van der Waals surface area contributed by atoms with Gasteiger partial charge in [0.15, 0.2) is 0 Å². The molecule has 2 aliphatic rings. The maximum absolute atomic E-state index is 11.4. The van der Waals surface area contributed by atoms with Crippen molar-refractivity contribution in [3.05, 3.63) is 0 Å².